The average molecular weight is 480 g/mol. The van der Waals surface area contributed by atoms with Crippen LogP contribution in [0, 0.1) is 5.92 Å². The zero-order valence-electron chi connectivity index (χ0n) is 19.1. The van der Waals surface area contributed by atoms with Crippen LogP contribution in [0.5, 0.6) is 0 Å². The van der Waals surface area contributed by atoms with Gasteiger partial charge in [0, 0.05) is 35.4 Å². The molecule has 6 nitrogen and oxygen atoms in total. The number of anilines is 1. The van der Waals surface area contributed by atoms with Gasteiger partial charge in [-0.2, -0.15) is 0 Å². The third-order valence-corrected chi connectivity index (χ3v) is 7.83. The minimum Gasteiger partial charge on any atom is -0.320 e. The molecule has 6 rings (SSSR count). The highest BCUT2D eigenvalue weighted by Crippen LogP contribution is 2.50. The first kappa shape index (κ1) is 21.7. The summed E-state index contributed by atoms with van der Waals surface area (Å²) in [6.45, 7) is 2.14. The lowest BCUT2D eigenvalue weighted by atomic mass is 9.62. The lowest BCUT2D eigenvalue weighted by Crippen LogP contribution is -2.45. The number of carbonyl (C=O) groups excluding carboxylic acids is 1. The second-order valence-electron chi connectivity index (χ2n) is 9.97. The fourth-order valence-electron chi connectivity index (χ4n) is 5.40. The van der Waals surface area contributed by atoms with Crippen LogP contribution in [0.3, 0.4) is 0 Å². The quantitative estimate of drug-likeness (QED) is 0.540. The molecule has 1 amide bonds. The number of hydrogen-bond donors (Lipinski definition) is 1. The molecule has 0 spiro atoms. The minimum absolute atomic E-state index is 0.0530. The second-order valence-corrected chi connectivity index (χ2v) is 10.4. The largest absolute Gasteiger partial charge is 0.320 e. The van der Waals surface area contributed by atoms with Crippen LogP contribution in [0.1, 0.15) is 58.6 Å². The van der Waals surface area contributed by atoms with Crippen molar-refractivity contribution >= 4 is 23.2 Å². The number of carbonyl (C=O) groups is 1. The Morgan fingerprint density at radius 2 is 2.06 bits per heavy atom. The first-order chi connectivity index (χ1) is 16.4. The Kier molecular flexibility index (Phi) is 5.22. The Balaban J connectivity index is 1.28. The maximum Gasteiger partial charge on any atom is 0.258 e. The minimum atomic E-state index is -0.871. The number of nitrogens with one attached hydrogen (secondary N) is 1. The van der Waals surface area contributed by atoms with Gasteiger partial charge >= 0.3 is 0 Å². The van der Waals surface area contributed by atoms with Crippen molar-refractivity contribution in [3.63, 3.8) is 0 Å². The molecule has 0 saturated heterocycles. The molecule has 0 bridgehead atoms. The predicted molar refractivity (Wildman–Crippen MR) is 129 cm³/mol. The van der Waals surface area contributed by atoms with E-state index < -0.39 is 11.6 Å². The van der Waals surface area contributed by atoms with Gasteiger partial charge in [0.05, 0.1) is 12.0 Å². The van der Waals surface area contributed by atoms with E-state index in [0.717, 1.165) is 40.7 Å². The SMILES string of the molecule is Cn1cnnc1C1(c2cccc(N3Cc4c(Cl)cc(CNCC5CC5)cc4C3=O)c2)CC(F)C1. The van der Waals surface area contributed by atoms with Gasteiger partial charge < -0.3 is 14.8 Å². The molecule has 0 atom stereocenters. The molecule has 2 heterocycles. The number of aromatic nitrogens is 3. The molecule has 1 aliphatic heterocycles. The van der Waals surface area contributed by atoms with E-state index in [-0.39, 0.29) is 5.91 Å². The molecule has 0 radical (unpaired) electrons. The maximum absolute atomic E-state index is 14.1. The Bertz CT molecular complexity index is 1260. The van der Waals surface area contributed by atoms with Gasteiger partial charge in [-0.1, -0.05) is 23.7 Å². The van der Waals surface area contributed by atoms with Gasteiger partial charge in [-0.15, -0.1) is 10.2 Å². The van der Waals surface area contributed by atoms with Gasteiger partial charge in [-0.25, -0.2) is 4.39 Å². The van der Waals surface area contributed by atoms with E-state index in [0.29, 0.717) is 36.5 Å². The van der Waals surface area contributed by atoms with Crippen molar-refractivity contribution < 1.29 is 9.18 Å². The van der Waals surface area contributed by atoms with Gasteiger partial charge in [0.25, 0.3) is 5.91 Å². The van der Waals surface area contributed by atoms with Crippen LogP contribution in [0.4, 0.5) is 10.1 Å². The lowest BCUT2D eigenvalue weighted by Gasteiger charge is -2.43. The first-order valence-electron chi connectivity index (χ1n) is 11.9. The average Bonchev–Trinajstić information content (AvgIpc) is 3.43. The molecule has 3 aromatic rings. The molecule has 2 aromatic carbocycles. The van der Waals surface area contributed by atoms with Crippen molar-refractivity contribution in [1.82, 2.24) is 20.1 Å². The van der Waals surface area contributed by atoms with Crippen molar-refractivity contribution in [3.8, 4) is 0 Å². The van der Waals surface area contributed by atoms with Crippen molar-refractivity contribution in [1.29, 1.82) is 0 Å². The van der Waals surface area contributed by atoms with Crippen LogP contribution >= 0.6 is 11.6 Å². The van der Waals surface area contributed by atoms with Gasteiger partial charge in [-0.3, -0.25) is 4.79 Å². The van der Waals surface area contributed by atoms with Crippen molar-refractivity contribution in [3.05, 3.63) is 75.8 Å². The van der Waals surface area contributed by atoms with Crippen LogP contribution in [0.2, 0.25) is 5.02 Å². The van der Waals surface area contributed by atoms with E-state index in [9.17, 15) is 9.18 Å². The number of halogens is 2. The molecule has 1 aromatic heterocycles. The van der Waals surface area contributed by atoms with Crippen LogP contribution < -0.4 is 10.2 Å². The highest BCUT2D eigenvalue weighted by Gasteiger charge is 2.50. The Labute approximate surface area is 203 Å². The molecule has 2 fully saturated rings. The van der Waals surface area contributed by atoms with E-state index in [1.54, 1.807) is 11.2 Å². The molecule has 1 N–H and O–H groups in total. The monoisotopic (exact) mass is 479 g/mol. The van der Waals surface area contributed by atoms with E-state index in [2.05, 4.69) is 15.5 Å². The number of rotatable bonds is 7. The van der Waals surface area contributed by atoms with E-state index >= 15 is 0 Å². The number of hydrogen-bond acceptors (Lipinski definition) is 4. The third kappa shape index (κ3) is 3.62. The summed E-state index contributed by atoms with van der Waals surface area (Å²) in [5, 5.41) is 12.4. The van der Waals surface area contributed by atoms with Gasteiger partial charge in [0.15, 0.2) is 0 Å². The summed E-state index contributed by atoms with van der Waals surface area (Å²) < 4.78 is 16.0. The summed E-state index contributed by atoms with van der Waals surface area (Å²) in [4.78, 5) is 15.2. The Hall–Kier alpha value is -2.77. The molecular formula is C26H27ClFN5O. The molecule has 2 aliphatic carbocycles. The zero-order valence-corrected chi connectivity index (χ0v) is 19.9. The fraction of sp³-hybridized carbons (Fsp3) is 0.423. The lowest BCUT2D eigenvalue weighted by molar-refractivity contribution is 0.0995. The molecule has 176 valence electrons. The third-order valence-electron chi connectivity index (χ3n) is 7.50. The summed E-state index contributed by atoms with van der Waals surface area (Å²) in [5.74, 6) is 1.49. The molecule has 8 heteroatoms. The number of alkyl halides is 1. The highest BCUT2D eigenvalue weighted by atomic mass is 35.5. The van der Waals surface area contributed by atoms with Gasteiger partial charge in [-0.05, 0) is 73.5 Å². The van der Waals surface area contributed by atoms with E-state index in [1.807, 2.05) is 48.0 Å². The number of amides is 1. The van der Waals surface area contributed by atoms with E-state index in [4.69, 9.17) is 11.6 Å². The molecule has 34 heavy (non-hydrogen) atoms. The summed E-state index contributed by atoms with van der Waals surface area (Å²) in [6, 6.07) is 11.8. The summed E-state index contributed by atoms with van der Waals surface area (Å²) in [5.41, 5.74) is 3.75. The van der Waals surface area contributed by atoms with Crippen molar-refractivity contribution in [2.75, 3.05) is 11.4 Å². The van der Waals surface area contributed by atoms with Gasteiger partial charge in [0.1, 0.15) is 18.3 Å². The first-order valence-corrected chi connectivity index (χ1v) is 12.3. The van der Waals surface area contributed by atoms with Crippen LogP contribution in [-0.4, -0.2) is 33.4 Å². The zero-order chi connectivity index (χ0) is 23.4. The molecule has 0 unspecified atom stereocenters. The van der Waals surface area contributed by atoms with Crippen LogP contribution in [0.15, 0.2) is 42.7 Å². The van der Waals surface area contributed by atoms with E-state index in [1.165, 1.54) is 12.8 Å². The Morgan fingerprint density at radius 1 is 1.24 bits per heavy atom. The molecule has 3 aliphatic rings. The second kappa shape index (κ2) is 8.17. The smallest absolute Gasteiger partial charge is 0.258 e. The maximum atomic E-state index is 14.1. The number of nitrogens with zero attached hydrogens (tertiary/aromatic N) is 4. The molecule has 2 saturated carbocycles. The summed E-state index contributed by atoms with van der Waals surface area (Å²) >= 11 is 6.62. The van der Waals surface area contributed by atoms with Crippen LogP contribution in [-0.2, 0) is 25.6 Å². The number of fused-ring (bicyclic) bond motifs is 1. The van der Waals surface area contributed by atoms with Crippen molar-refractivity contribution in [2.24, 2.45) is 13.0 Å². The predicted octanol–water partition coefficient (Wildman–Crippen LogP) is 4.55. The standard InChI is InChI=1S/C26H27ClFN5O/c1-32-15-30-31-25(32)26(10-19(28)11-26)18-3-2-4-20(9-18)33-14-22-21(24(33)34)7-17(8-23(22)27)13-29-12-16-5-6-16/h2-4,7-9,15-16,19,29H,5-6,10-14H2,1H3. The molecular weight excluding hydrogens is 453 g/mol. The highest BCUT2D eigenvalue weighted by molar-refractivity contribution is 6.32. The van der Waals surface area contributed by atoms with Gasteiger partial charge in [0.2, 0.25) is 0 Å². The fourth-order valence-corrected chi connectivity index (χ4v) is 5.71. The summed E-state index contributed by atoms with van der Waals surface area (Å²) in [6.07, 6.45) is 4.10. The van der Waals surface area contributed by atoms with Crippen molar-refractivity contribution in [2.45, 2.75) is 50.4 Å². The Morgan fingerprint density at radius 3 is 2.76 bits per heavy atom. The normalized spacial score (nSPS) is 23.8. The number of benzene rings is 2. The topological polar surface area (TPSA) is 63.1 Å². The number of aryl methyl sites for hydroxylation is 1. The summed E-state index contributed by atoms with van der Waals surface area (Å²) in [7, 11) is 1.88. The van der Waals surface area contributed by atoms with Crippen LogP contribution in [0.25, 0.3) is 0 Å².